The second-order valence-electron chi connectivity index (χ2n) is 5.79. The van der Waals surface area contributed by atoms with Gasteiger partial charge in [0, 0.05) is 25.8 Å². The molecule has 0 bridgehead atoms. The van der Waals surface area contributed by atoms with Crippen molar-refractivity contribution >= 4 is 11.7 Å². The van der Waals surface area contributed by atoms with Crippen molar-refractivity contribution < 1.29 is 19.4 Å². The number of aliphatic hydroxyl groups is 1. The fourth-order valence-electron chi connectivity index (χ4n) is 3.17. The van der Waals surface area contributed by atoms with Gasteiger partial charge in [0.1, 0.15) is 6.04 Å². The Morgan fingerprint density at radius 2 is 2.30 bits per heavy atom. The average Bonchev–Trinajstić information content (AvgIpc) is 3.17. The minimum absolute atomic E-state index is 0.0611. The van der Waals surface area contributed by atoms with Crippen LogP contribution in [0.15, 0.2) is 35.7 Å². The third kappa shape index (κ3) is 2.86. The van der Waals surface area contributed by atoms with Gasteiger partial charge in [-0.2, -0.15) is 0 Å². The zero-order valence-electron chi connectivity index (χ0n) is 13.1. The van der Waals surface area contributed by atoms with Gasteiger partial charge in [0.25, 0.3) is 5.91 Å². The molecule has 1 aromatic heterocycles. The zero-order chi connectivity index (χ0) is 16.4. The Labute approximate surface area is 134 Å². The molecule has 2 unspecified atom stereocenters. The predicted octanol–water partition coefficient (Wildman–Crippen LogP) is 1.94. The first-order chi connectivity index (χ1) is 11.1. The number of pyridine rings is 1. The Morgan fingerprint density at radius 3 is 2.91 bits per heavy atom. The van der Waals surface area contributed by atoms with E-state index in [9.17, 15) is 14.7 Å². The molecular formula is C17H20N2O4. The largest absolute Gasteiger partial charge is 0.503 e. The van der Waals surface area contributed by atoms with Gasteiger partial charge < -0.3 is 14.7 Å². The summed E-state index contributed by atoms with van der Waals surface area (Å²) in [6, 6.07) is 4.71. The molecule has 0 radical (unpaired) electrons. The third-order valence-electron chi connectivity index (χ3n) is 4.32. The molecule has 6 heteroatoms. The van der Waals surface area contributed by atoms with Crippen molar-refractivity contribution in [3.63, 3.8) is 0 Å². The number of Topliss-reactive ketones (excluding diaryl/α,β-unsaturated/α-hetero) is 1. The van der Waals surface area contributed by atoms with Crippen molar-refractivity contribution in [2.45, 2.75) is 38.3 Å². The Morgan fingerprint density at radius 1 is 1.48 bits per heavy atom. The van der Waals surface area contributed by atoms with Crippen LogP contribution in [0, 0.1) is 0 Å². The van der Waals surface area contributed by atoms with Gasteiger partial charge in [-0.3, -0.25) is 14.6 Å². The number of ether oxygens (including phenoxy) is 1. The van der Waals surface area contributed by atoms with Crippen molar-refractivity contribution in [3.05, 3.63) is 41.4 Å². The number of carbonyl (C=O) groups excluding carboxylic acids is 2. The van der Waals surface area contributed by atoms with Gasteiger partial charge in [0.15, 0.2) is 11.5 Å². The third-order valence-corrected chi connectivity index (χ3v) is 4.32. The summed E-state index contributed by atoms with van der Waals surface area (Å²) >= 11 is 0. The molecular weight excluding hydrogens is 296 g/mol. The first-order valence-electron chi connectivity index (χ1n) is 7.93. The van der Waals surface area contributed by atoms with E-state index >= 15 is 0 Å². The first-order valence-corrected chi connectivity index (χ1v) is 7.93. The van der Waals surface area contributed by atoms with Crippen molar-refractivity contribution in [2.24, 2.45) is 0 Å². The van der Waals surface area contributed by atoms with E-state index in [4.69, 9.17) is 4.74 Å². The standard InChI is InChI=1S/C17H20N2O4/c1-2-13(20)14-15(12-7-3-4-8-18-12)19(17(22)16(14)21)10-11-6-5-9-23-11/h3-4,7-8,11,15,21H,2,5-6,9-10H2,1H3. The SMILES string of the molecule is CCC(=O)C1=C(O)C(=O)N(CC2CCCO2)C1c1ccccn1. The van der Waals surface area contributed by atoms with Crippen LogP contribution in [0.2, 0.25) is 0 Å². The van der Waals surface area contributed by atoms with Gasteiger partial charge in [-0.1, -0.05) is 13.0 Å². The molecule has 1 aromatic rings. The maximum absolute atomic E-state index is 12.5. The molecule has 1 saturated heterocycles. The number of hydrogen-bond acceptors (Lipinski definition) is 5. The summed E-state index contributed by atoms with van der Waals surface area (Å²) in [5.41, 5.74) is 0.730. The molecule has 23 heavy (non-hydrogen) atoms. The molecule has 2 aliphatic heterocycles. The molecule has 0 aliphatic carbocycles. The fraction of sp³-hybridized carbons (Fsp3) is 0.471. The van der Waals surface area contributed by atoms with E-state index in [1.165, 1.54) is 4.90 Å². The summed E-state index contributed by atoms with van der Waals surface area (Å²) in [7, 11) is 0. The smallest absolute Gasteiger partial charge is 0.290 e. The maximum atomic E-state index is 12.5. The highest BCUT2D eigenvalue weighted by molar-refractivity contribution is 6.08. The van der Waals surface area contributed by atoms with Crippen molar-refractivity contribution in [3.8, 4) is 0 Å². The van der Waals surface area contributed by atoms with Crippen molar-refractivity contribution in [1.82, 2.24) is 9.88 Å². The Kier molecular flexibility index (Phi) is 4.43. The molecule has 2 aliphatic rings. The van der Waals surface area contributed by atoms with E-state index in [1.54, 1.807) is 31.3 Å². The molecule has 122 valence electrons. The van der Waals surface area contributed by atoms with Crippen LogP contribution in [0.3, 0.4) is 0 Å². The van der Waals surface area contributed by atoms with Crippen LogP contribution in [-0.4, -0.2) is 45.9 Å². The van der Waals surface area contributed by atoms with Gasteiger partial charge in [-0.15, -0.1) is 0 Å². The molecule has 0 aromatic carbocycles. The summed E-state index contributed by atoms with van der Waals surface area (Å²) < 4.78 is 5.61. The first kappa shape index (κ1) is 15.7. The van der Waals surface area contributed by atoms with E-state index in [0.29, 0.717) is 18.8 Å². The maximum Gasteiger partial charge on any atom is 0.290 e. The molecule has 2 atom stereocenters. The molecule has 0 saturated carbocycles. The number of hydrogen-bond donors (Lipinski definition) is 1. The molecule has 0 spiro atoms. The zero-order valence-corrected chi connectivity index (χ0v) is 13.1. The summed E-state index contributed by atoms with van der Waals surface area (Å²) in [6.07, 6.45) is 3.61. The quantitative estimate of drug-likeness (QED) is 0.898. The summed E-state index contributed by atoms with van der Waals surface area (Å²) in [5, 5.41) is 10.2. The monoisotopic (exact) mass is 316 g/mol. The molecule has 6 nitrogen and oxygen atoms in total. The fourth-order valence-corrected chi connectivity index (χ4v) is 3.17. The van der Waals surface area contributed by atoms with Crippen LogP contribution in [0.1, 0.15) is 37.9 Å². The van der Waals surface area contributed by atoms with E-state index < -0.39 is 17.7 Å². The van der Waals surface area contributed by atoms with Crippen LogP contribution < -0.4 is 0 Å². The number of amides is 1. The number of aromatic nitrogens is 1. The highest BCUT2D eigenvalue weighted by atomic mass is 16.5. The van der Waals surface area contributed by atoms with Crippen LogP contribution in [-0.2, 0) is 14.3 Å². The Balaban J connectivity index is 1.98. The minimum atomic E-state index is -0.639. The van der Waals surface area contributed by atoms with Crippen molar-refractivity contribution in [1.29, 1.82) is 0 Å². The number of ketones is 1. The lowest BCUT2D eigenvalue weighted by Gasteiger charge is -2.28. The van der Waals surface area contributed by atoms with E-state index in [-0.39, 0.29) is 23.9 Å². The van der Waals surface area contributed by atoms with Gasteiger partial charge in [-0.05, 0) is 25.0 Å². The molecule has 1 amide bonds. The van der Waals surface area contributed by atoms with E-state index in [1.807, 2.05) is 0 Å². The summed E-state index contributed by atoms with van der Waals surface area (Å²) in [6.45, 7) is 2.75. The number of nitrogens with zero attached hydrogens (tertiary/aromatic N) is 2. The Bertz CT molecular complexity index is 635. The highest BCUT2D eigenvalue weighted by Gasteiger charge is 2.44. The molecule has 1 fully saturated rings. The van der Waals surface area contributed by atoms with Crippen LogP contribution in [0.5, 0.6) is 0 Å². The molecule has 1 N–H and O–H groups in total. The second-order valence-corrected chi connectivity index (χ2v) is 5.79. The van der Waals surface area contributed by atoms with Gasteiger partial charge >= 0.3 is 0 Å². The summed E-state index contributed by atoms with van der Waals surface area (Å²) in [5.74, 6) is -1.21. The normalized spacial score (nSPS) is 24.6. The lowest BCUT2D eigenvalue weighted by Crippen LogP contribution is -2.37. The number of aliphatic hydroxyl groups excluding tert-OH is 1. The second kappa shape index (κ2) is 6.50. The topological polar surface area (TPSA) is 79.7 Å². The lowest BCUT2D eigenvalue weighted by molar-refractivity contribution is -0.131. The lowest BCUT2D eigenvalue weighted by atomic mass is 9.98. The Hall–Kier alpha value is -2.21. The number of rotatable bonds is 5. The summed E-state index contributed by atoms with van der Waals surface area (Å²) in [4.78, 5) is 30.6. The van der Waals surface area contributed by atoms with Crippen LogP contribution >= 0.6 is 0 Å². The van der Waals surface area contributed by atoms with E-state index in [0.717, 1.165) is 12.8 Å². The van der Waals surface area contributed by atoms with Crippen LogP contribution in [0.4, 0.5) is 0 Å². The van der Waals surface area contributed by atoms with Gasteiger partial charge in [0.05, 0.1) is 17.4 Å². The molecule has 3 rings (SSSR count). The average molecular weight is 316 g/mol. The minimum Gasteiger partial charge on any atom is -0.503 e. The van der Waals surface area contributed by atoms with Crippen molar-refractivity contribution in [2.75, 3.05) is 13.2 Å². The highest BCUT2D eigenvalue weighted by Crippen LogP contribution is 2.37. The number of carbonyl (C=O) groups is 2. The van der Waals surface area contributed by atoms with Gasteiger partial charge in [-0.25, -0.2) is 0 Å². The van der Waals surface area contributed by atoms with Gasteiger partial charge in [0.2, 0.25) is 0 Å². The van der Waals surface area contributed by atoms with Crippen LogP contribution in [0.25, 0.3) is 0 Å². The van der Waals surface area contributed by atoms with E-state index in [2.05, 4.69) is 4.98 Å². The molecule has 3 heterocycles. The predicted molar refractivity (Wildman–Crippen MR) is 82.6 cm³/mol.